The molecule has 2 heterocycles. The topological polar surface area (TPSA) is 65.4 Å². The Hall–Kier alpha value is -2.93. The molecule has 4 rings (SSSR count). The van der Waals surface area contributed by atoms with Crippen LogP contribution in [0.1, 0.15) is 11.9 Å². The number of nitrogens with one attached hydrogen (secondary N) is 1. The third-order valence-corrected chi connectivity index (χ3v) is 4.28. The van der Waals surface area contributed by atoms with Gasteiger partial charge in [0, 0.05) is 12.6 Å². The van der Waals surface area contributed by atoms with Crippen LogP contribution in [0.15, 0.2) is 48.5 Å². The minimum absolute atomic E-state index is 0.0552. The molecule has 1 amide bonds. The van der Waals surface area contributed by atoms with Gasteiger partial charge in [0.05, 0.1) is 23.7 Å². The van der Waals surface area contributed by atoms with Crippen LogP contribution >= 0.6 is 0 Å². The molecule has 0 fully saturated rings. The molecule has 1 unspecified atom stereocenters. The molecule has 0 saturated heterocycles. The number of para-hydroxylation sites is 1. The lowest BCUT2D eigenvalue weighted by Crippen LogP contribution is -2.37. The third kappa shape index (κ3) is 3.39. The number of hydrogen-bond acceptors (Lipinski definition) is 4. The van der Waals surface area contributed by atoms with E-state index in [4.69, 9.17) is 9.47 Å². The van der Waals surface area contributed by atoms with Crippen LogP contribution in [0.3, 0.4) is 0 Å². The summed E-state index contributed by atoms with van der Waals surface area (Å²) in [5.41, 5.74) is 1.43. The number of amides is 1. The summed E-state index contributed by atoms with van der Waals surface area (Å²) in [7, 11) is 0. The van der Waals surface area contributed by atoms with Crippen molar-refractivity contribution >= 4 is 16.9 Å². The van der Waals surface area contributed by atoms with Gasteiger partial charge in [0.25, 0.3) is 5.91 Å². The van der Waals surface area contributed by atoms with Gasteiger partial charge >= 0.3 is 0 Å². The molecular weight excluding hydrogens is 337 g/mol. The first-order chi connectivity index (χ1) is 12.7. The van der Waals surface area contributed by atoms with Gasteiger partial charge in [0.15, 0.2) is 6.61 Å². The Morgan fingerprint density at radius 3 is 3.00 bits per heavy atom. The van der Waals surface area contributed by atoms with Crippen LogP contribution in [-0.2, 0) is 16.1 Å². The van der Waals surface area contributed by atoms with Crippen molar-refractivity contribution in [3.8, 4) is 5.75 Å². The number of fused-ring (bicyclic) bond motifs is 3. The maximum atomic E-state index is 13.4. The Bertz CT molecular complexity index is 926. The highest BCUT2D eigenvalue weighted by Crippen LogP contribution is 2.26. The van der Waals surface area contributed by atoms with Crippen LogP contribution in [0.2, 0.25) is 0 Å². The molecular formula is C19H18FN3O3. The van der Waals surface area contributed by atoms with Crippen molar-refractivity contribution in [1.29, 1.82) is 0 Å². The molecule has 1 aliphatic rings. The first kappa shape index (κ1) is 16.5. The average molecular weight is 355 g/mol. The fraction of sp³-hybridized carbons (Fsp3) is 0.263. The Balaban J connectivity index is 1.42. The lowest BCUT2D eigenvalue weighted by atomic mass is 10.2. The molecule has 7 heteroatoms. The molecule has 1 aromatic heterocycles. The number of benzene rings is 2. The Morgan fingerprint density at radius 2 is 2.15 bits per heavy atom. The van der Waals surface area contributed by atoms with Crippen molar-refractivity contribution in [1.82, 2.24) is 14.9 Å². The number of hydrogen-bond donors (Lipinski definition) is 1. The lowest BCUT2D eigenvalue weighted by molar-refractivity contribution is -0.123. The van der Waals surface area contributed by atoms with E-state index in [1.54, 1.807) is 18.2 Å². The monoisotopic (exact) mass is 355 g/mol. The summed E-state index contributed by atoms with van der Waals surface area (Å²) in [6, 6.07) is 13.6. The number of ether oxygens (including phenoxy) is 2. The summed E-state index contributed by atoms with van der Waals surface area (Å²) in [5.74, 6) is 0.846. The third-order valence-electron chi connectivity index (χ3n) is 4.28. The van der Waals surface area contributed by atoms with E-state index in [0.29, 0.717) is 31.0 Å². The predicted molar refractivity (Wildman–Crippen MR) is 93.3 cm³/mol. The molecule has 3 aromatic rings. The molecule has 26 heavy (non-hydrogen) atoms. The van der Waals surface area contributed by atoms with E-state index < -0.39 is 0 Å². The minimum Gasteiger partial charge on any atom is -0.484 e. The van der Waals surface area contributed by atoms with E-state index >= 15 is 0 Å². The Morgan fingerprint density at radius 1 is 1.31 bits per heavy atom. The standard InChI is InChI=1S/C19H18FN3O3/c20-13-6-7-17-16(8-13)22-18-11-25-10-14(23(17)18)9-21-19(24)12-26-15-4-2-1-3-5-15/h1-8,14H,9-12H2,(H,21,24). The second kappa shape index (κ2) is 7.13. The number of carbonyl (C=O) groups excluding carboxylic acids is 1. The molecule has 0 aliphatic carbocycles. The second-order valence-electron chi connectivity index (χ2n) is 6.11. The smallest absolute Gasteiger partial charge is 0.258 e. The van der Waals surface area contributed by atoms with Crippen molar-refractivity contribution in [3.05, 3.63) is 60.2 Å². The van der Waals surface area contributed by atoms with Crippen LogP contribution in [0.25, 0.3) is 11.0 Å². The van der Waals surface area contributed by atoms with Gasteiger partial charge in [-0.05, 0) is 24.3 Å². The molecule has 1 aliphatic heterocycles. The highest BCUT2D eigenvalue weighted by Gasteiger charge is 2.24. The maximum absolute atomic E-state index is 13.4. The molecule has 1 atom stereocenters. The summed E-state index contributed by atoms with van der Waals surface area (Å²) in [5, 5.41) is 2.86. The highest BCUT2D eigenvalue weighted by molar-refractivity contribution is 5.78. The molecule has 6 nitrogen and oxygen atoms in total. The van der Waals surface area contributed by atoms with Crippen molar-refractivity contribution in [2.45, 2.75) is 12.6 Å². The van der Waals surface area contributed by atoms with Gasteiger partial charge in [0.1, 0.15) is 24.0 Å². The van der Waals surface area contributed by atoms with E-state index in [1.165, 1.54) is 12.1 Å². The zero-order valence-electron chi connectivity index (χ0n) is 14.0. The number of nitrogens with zero attached hydrogens (tertiary/aromatic N) is 2. The van der Waals surface area contributed by atoms with E-state index in [9.17, 15) is 9.18 Å². The van der Waals surface area contributed by atoms with Crippen LogP contribution in [-0.4, -0.2) is 35.2 Å². The van der Waals surface area contributed by atoms with E-state index in [1.807, 2.05) is 22.8 Å². The largest absolute Gasteiger partial charge is 0.484 e. The highest BCUT2D eigenvalue weighted by atomic mass is 19.1. The minimum atomic E-state index is -0.322. The fourth-order valence-corrected chi connectivity index (χ4v) is 3.09. The fourth-order valence-electron chi connectivity index (χ4n) is 3.09. The van der Waals surface area contributed by atoms with E-state index in [2.05, 4.69) is 10.3 Å². The van der Waals surface area contributed by atoms with Gasteiger partial charge in [-0.1, -0.05) is 18.2 Å². The molecule has 0 saturated carbocycles. The van der Waals surface area contributed by atoms with Gasteiger partial charge in [-0.3, -0.25) is 4.79 Å². The number of rotatable bonds is 5. The molecule has 2 aromatic carbocycles. The van der Waals surface area contributed by atoms with Gasteiger partial charge in [-0.25, -0.2) is 9.37 Å². The van der Waals surface area contributed by atoms with E-state index in [0.717, 1.165) is 11.3 Å². The van der Waals surface area contributed by atoms with Crippen LogP contribution in [0.4, 0.5) is 4.39 Å². The van der Waals surface area contributed by atoms with Crippen LogP contribution in [0.5, 0.6) is 5.75 Å². The summed E-state index contributed by atoms with van der Waals surface area (Å²) in [4.78, 5) is 16.5. The molecule has 0 radical (unpaired) electrons. The summed E-state index contributed by atoms with van der Waals surface area (Å²) >= 11 is 0. The van der Waals surface area contributed by atoms with Gasteiger partial charge in [0.2, 0.25) is 0 Å². The second-order valence-corrected chi connectivity index (χ2v) is 6.11. The zero-order chi connectivity index (χ0) is 17.9. The maximum Gasteiger partial charge on any atom is 0.258 e. The van der Waals surface area contributed by atoms with Crippen LogP contribution < -0.4 is 10.1 Å². The SMILES string of the molecule is O=C(COc1ccccc1)NCC1COCc2nc3cc(F)ccc3n21. The number of halogens is 1. The molecule has 1 N–H and O–H groups in total. The Kier molecular flexibility index (Phi) is 4.53. The number of carbonyl (C=O) groups is 1. The first-order valence-electron chi connectivity index (χ1n) is 8.39. The van der Waals surface area contributed by atoms with Crippen molar-refractivity contribution in [2.75, 3.05) is 19.8 Å². The average Bonchev–Trinajstić information content (AvgIpc) is 3.03. The molecule has 134 valence electrons. The first-order valence-corrected chi connectivity index (χ1v) is 8.39. The summed E-state index contributed by atoms with van der Waals surface area (Å²) < 4.78 is 26.4. The molecule has 0 spiro atoms. The normalized spacial score (nSPS) is 16.3. The molecule has 0 bridgehead atoms. The van der Waals surface area contributed by atoms with Crippen molar-refractivity contribution < 1.29 is 18.7 Å². The van der Waals surface area contributed by atoms with Crippen molar-refractivity contribution in [3.63, 3.8) is 0 Å². The van der Waals surface area contributed by atoms with Gasteiger partial charge in [-0.15, -0.1) is 0 Å². The van der Waals surface area contributed by atoms with Gasteiger partial charge < -0.3 is 19.4 Å². The predicted octanol–water partition coefficient (Wildman–Crippen LogP) is 2.44. The van der Waals surface area contributed by atoms with E-state index in [-0.39, 0.29) is 24.4 Å². The summed E-state index contributed by atoms with van der Waals surface area (Å²) in [6.45, 7) is 1.15. The number of aromatic nitrogens is 2. The zero-order valence-corrected chi connectivity index (χ0v) is 14.0. The number of imidazole rings is 1. The lowest BCUT2D eigenvalue weighted by Gasteiger charge is -2.26. The van der Waals surface area contributed by atoms with Gasteiger partial charge in [-0.2, -0.15) is 0 Å². The summed E-state index contributed by atoms with van der Waals surface area (Å²) in [6.07, 6.45) is 0. The van der Waals surface area contributed by atoms with Crippen LogP contribution in [0, 0.1) is 5.82 Å². The quantitative estimate of drug-likeness (QED) is 0.763. The van der Waals surface area contributed by atoms with Crippen molar-refractivity contribution in [2.24, 2.45) is 0 Å². The Labute approximate surface area is 149 Å².